The lowest BCUT2D eigenvalue weighted by Crippen LogP contribution is -2.25. The van der Waals surface area contributed by atoms with E-state index in [1.54, 1.807) is 18.4 Å². The third-order valence-corrected chi connectivity index (χ3v) is 4.06. The van der Waals surface area contributed by atoms with Crippen molar-refractivity contribution in [3.05, 3.63) is 26.6 Å². The lowest BCUT2D eigenvalue weighted by molar-refractivity contribution is 0.0701. The minimum Gasteiger partial charge on any atom is -0.477 e. The Morgan fingerprint density at radius 2 is 2.00 bits per heavy atom. The maximum absolute atomic E-state index is 12.4. The monoisotopic (exact) mass is 266 g/mol. The highest BCUT2D eigenvalue weighted by molar-refractivity contribution is 7.20. The van der Waals surface area contributed by atoms with Gasteiger partial charge in [-0.15, -0.1) is 11.3 Å². The predicted octanol–water partition coefficient (Wildman–Crippen LogP) is 2.35. The smallest absolute Gasteiger partial charge is 0.346 e. The van der Waals surface area contributed by atoms with E-state index in [4.69, 9.17) is 5.11 Å². The Balaban J connectivity index is 2.94. The maximum Gasteiger partial charge on any atom is 0.346 e. The lowest BCUT2D eigenvalue weighted by Gasteiger charge is -2.12. The van der Waals surface area contributed by atoms with E-state index in [0.29, 0.717) is 21.6 Å². The number of hydrogen-bond acceptors (Lipinski definition) is 4. The van der Waals surface area contributed by atoms with Crippen LogP contribution in [0.25, 0.3) is 10.2 Å². The highest BCUT2D eigenvalue weighted by Gasteiger charge is 2.20. The molecule has 96 valence electrons. The number of rotatable bonds is 2. The van der Waals surface area contributed by atoms with Crippen LogP contribution in [0, 0.1) is 13.8 Å². The van der Waals surface area contributed by atoms with Gasteiger partial charge in [0.25, 0.3) is 5.56 Å². The first-order chi connectivity index (χ1) is 8.34. The van der Waals surface area contributed by atoms with Gasteiger partial charge >= 0.3 is 5.97 Å². The molecule has 0 bridgehead atoms. The molecule has 0 aliphatic carbocycles. The van der Waals surface area contributed by atoms with Gasteiger partial charge in [-0.3, -0.25) is 9.36 Å². The van der Waals surface area contributed by atoms with Crippen LogP contribution < -0.4 is 5.56 Å². The summed E-state index contributed by atoms with van der Waals surface area (Å²) in [4.78, 5) is 28.5. The van der Waals surface area contributed by atoms with Gasteiger partial charge in [0, 0.05) is 6.04 Å². The summed E-state index contributed by atoms with van der Waals surface area (Å²) in [6.45, 7) is 7.23. The van der Waals surface area contributed by atoms with Gasteiger partial charge in [0.05, 0.1) is 5.39 Å². The maximum atomic E-state index is 12.4. The fourth-order valence-electron chi connectivity index (χ4n) is 2.11. The molecule has 2 aromatic heterocycles. The molecular weight excluding hydrogens is 252 g/mol. The number of aromatic nitrogens is 2. The van der Waals surface area contributed by atoms with E-state index in [1.165, 1.54) is 0 Å². The van der Waals surface area contributed by atoms with Crippen LogP contribution in [-0.2, 0) is 0 Å². The van der Waals surface area contributed by atoms with E-state index < -0.39 is 5.97 Å². The third kappa shape index (κ3) is 1.73. The van der Waals surface area contributed by atoms with Crippen LogP contribution in [-0.4, -0.2) is 20.6 Å². The third-order valence-electron chi connectivity index (χ3n) is 2.88. The van der Waals surface area contributed by atoms with E-state index >= 15 is 0 Å². The Morgan fingerprint density at radius 1 is 1.39 bits per heavy atom. The molecule has 6 heteroatoms. The minimum absolute atomic E-state index is 0.00183. The van der Waals surface area contributed by atoms with Crippen LogP contribution in [0.3, 0.4) is 0 Å². The molecule has 0 atom stereocenters. The number of carboxylic acid groups (broad SMARTS) is 1. The van der Waals surface area contributed by atoms with Gasteiger partial charge in [-0.05, 0) is 33.3 Å². The summed E-state index contributed by atoms with van der Waals surface area (Å²) in [7, 11) is 0. The normalized spacial score (nSPS) is 11.4. The van der Waals surface area contributed by atoms with E-state index in [0.717, 1.165) is 11.3 Å². The van der Waals surface area contributed by atoms with Crippen molar-refractivity contribution in [1.82, 2.24) is 9.55 Å². The summed E-state index contributed by atoms with van der Waals surface area (Å²) in [5.41, 5.74) is 0.350. The molecule has 5 nitrogen and oxygen atoms in total. The number of aromatic carboxylic acids is 1. The second-order valence-electron chi connectivity index (χ2n) is 4.47. The van der Waals surface area contributed by atoms with E-state index in [1.807, 2.05) is 13.8 Å². The largest absolute Gasteiger partial charge is 0.477 e. The van der Waals surface area contributed by atoms with Gasteiger partial charge in [-0.2, -0.15) is 0 Å². The molecule has 0 aromatic carbocycles. The average Bonchev–Trinajstić information content (AvgIpc) is 2.55. The van der Waals surface area contributed by atoms with Crippen LogP contribution in [0.15, 0.2) is 4.79 Å². The van der Waals surface area contributed by atoms with Crippen molar-refractivity contribution in [3.63, 3.8) is 0 Å². The van der Waals surface area contributed by atoms with Crippen molar-refractivity contribution in [2.45, 2.75) is 33.7 Å². The van der Waals surface area contributed by atoms with Crippen LogP contribution in [0.1, 0.15) is 40.9 Å². The van der Waals surface area contributed by atoms with Gasteiger partial charge in [0.1, 0.15) is 15.5 Å². The minimum atomic E-state index is -1.01. The van der Waals surface area contributed by atoms with Crippen molar-refractivity contribution in [3.8, 4) is 0 Å². The molecule has 1 N–H and O–H groups in total. The summed E-state index contributed by atoms with van der Waals surface area (Å²) in [5.74, 6) is -0.399. The quantitative estimate of drug-likeness (QED) is 0.905. The summed E-state index contributed by atoms with van der Waals surface area (Å²) < 4.78 is 1.59. The molecule has 0 aliphatic heterocycles. The fourth-order valence-corrected chi connectivity index (χ4v) is 3.17. The first-order valence-electron chi connectivity index (χ1n) is 5.60. The molecule has 0 radical (unpaired) electrons. The number of fused-ring (bicyclic) bond motifs is 1. The molecule has 0 fully saturated rings. The number of hydrogen-bond donors (Lipinski definition) is 1. The van der Waals surface area contributed by atoms with Crippen molar-refractivity contribution in [1.29, 1.82) is 0 Å². The van der Waals surface area contributed by atoms with Crippen LogP contribution >= 0.6 is 11.3 Å². The number of carbonyl (C=O) groups is 1. The fraction of sp³-hybridized carbons (Fsp3) is 0.417. The first kappa shape index (κ1) is 12.8. The Morgan fingerprint density at radius 3 is 2.50 bits per heavy atom. The SMILES string of the molecule is Cc1c(C(=O)O)sc2nc(C)n(C(C)C)c(=O)c12. The number of thiophene rings is 1. The van der Waals surface area contributed by atoms with Crippen LogP contribution in [0.2, 0.25) is 0 Å². The lowest BCUT2D eigenvalue weighted by atomic mass is 10.2. The molecular formula is C12H14N2O3S. The van der Waals surface area contributed by atoms with Crippen molar-refractivity contribution >= 4 is 27.5 Å². The predicted molar refractivity (Wildman–Crippen MR) is 70.7 cm³/mol. The van der Waals surface area contributed by atoms with E-state index in [9.17, 15) is 9.59 Å². The standard InChI is InChI=1S/C12H14N2O3S/c1-5(2)14-7(4)13-10-8(11(14)15)6(3)9(18-10)12(16)17/h5H,1-4H3,(H,16,17). The van der Waals surface area contributed by atoms with Crippen molar-refractivity contribution < 1.29 is 9.90 Å². The molecule has 0 saturated carbocycles. The second-order valence-corrected chi connectivity index (χ2v) is 5.47. The van der Waals surface area contributed by atoms with Crippen molar-refractivity contribution in [2.75, 3.05) is 0 Å². The molecule has 18 heavy (non-hydrogen) atoms. The topological polar surface area (TPSA) is 72.2 Å². The van der Waals surface area contributed by atoms with Gasteiger partial charge in [0.15, 0.2) is 0 Å². The molecule has 0 unspecified atom stereocenters. The summed E-state index contributed by atoms with van der Waals surface area (Å²) in [5, 5.41) is 9.51. The molecule has 0 spiro atoms. The zero-order valence-electron chi connectivity index (χ0n) is 10.6. The number of nitrogens with zero attached hydrogens (tertiary/aromatic N) is 2. The molecule has 2 aromatic rings. The number of aryl methyl sites for hydroxylation is 2. The highest BCUT2D eigenvalue weighted by Crippen LogP contribution is 2.27. The summed E-state index contributed by atoms with van der Waals surface area (Å²) >= 11 is 1.06. The molecule has 0 aliphatic rings. The molecule has 0 amide bonds. The van der Waals surface area contributed by atoms with Crippen LogP contribution in [0.5, 0.6) is 0 Å². The van der Waals surface area contributed by atoms with Gasteiger partial charge in [-0.1, -0.05) is 0 Å². The van der Waals surface area contributed by atoms with E-state index in [2.05, 4.69) is 4.98 Å². The zero-order chi connectivity index (χ0) is 13.6. The highest BCUT2D eigenvalue weighted by atomic mass is 32.1. The van der Waals surface area contributed by atoms with Gasteiger partial charge in [0.2, 0.25) is 0 Å². The second kappa shape index (κ2) is 4.20. The van der Waals surface area contributed by atoms with Crippen LogP contribution in [0.4, 0.5) is 0 Å². The Hall–Kier alpha value is -1.69. The summed E-state index contributed by atoms with van der Waals surface area (Å²) in [6.07, 6.45) is 0. The average molecular weight is 266 g/mol. The molecule has 2 rings (SSSR count). The Labute approximate surface area is 108 Å². The van der Waals surface area contributed by atoms with E-state index in [-0.39, 0.29) is 16.5 Å². The summed E-state index contributed by atoms with van der Waals surface area (Å²) in [6, 6.07) is 0.00183. The Kier molecular flexibility index (Phi) is 2.98. The van der Waals surface area contributed by atoms with Crippen molar-refractivity contribution in [2.24, 2.45) is 0 Å². The first-order valence-corrected chi connectivity index (χ1v) is 6.41. The zero-order valence-corrected chi connectivity index (χ0v) is 11.5. The molecule has 2 heterocycles. The molecule has 0 saturated heterocycles. The number of carboxylic acids is 1. The van der Waals surface area contributed by atoms with Gasteiger partial charge in [-0.25, -0.2) is 9.78 Å². The van der Waals surface area contributed by atoms with Gasteiger partial charge < -0.3 is 5.11 Å². The Bertz CT molecular complexity index is 697.